The molecule has 43 heavy (non-hydrogen) atoms. The lowest BCUT2D eigenvalue weighted by molar-refractivity contribution is 0.00448. The molecule has 0 aromatic heterocycles. The van der Waals surface area contributed by atoms with Crippen LogP contribution in [0, 0.1) is 17.2 Å². The molecule has 0 radical (unpaired) electrons. The Bertz CT molecular complexity index is 1570. The summed E-state index contributed by atoms with van der Waals surface area (Å²) in [5.74, 6) is 0.478. The highest BCUT2D eigenvalue weighted by Crippen LogP contribution is 2.40. The summed E-state index contributed by atoms with van der Waals surface area (Å²) in [4.78, 5) is 16.5. The van der Waals surface area contributed by atoms with Gasteiger partial charge in [-0.25, -0.2) is 13.2 Å². The average molecular weight is 630 g/mol. The van der Waals surface area contributed by atoms with E-state index in [1.54, 1.807) is 20.8 Å². The third-order valence-corrected chi connectivity index (χ3v) is 9.11. The van der Waals surface area contributed by atoms with Crippen molar-refractivity contribution in [3.63, 3.8) is 0 Å². The van der Waals surface area contributed by atoms with E-state index in [2.05, 4.69) is 24.9 Å². The summed E-state index contributed by atoms with van der Waals surface area (Å²) in [6.45, 7) is 12.2. The molecule has 12 heteroatoms. The summed E-state index contributed by atoms with van der Waals surface area (Å²) in [6, 6.07) is 13.2. The zero-order chi connectivity index (χ0) is 31.7. The SMILES string of the molecule is C=C(C#N)[C@H]1CN(/C(NC(N)S(C)(=O)=O)=C2\COC(c3cccc4cccc(Cl)c34)CC2C)CCN1C(=O)OC(C)(C)C. The molecular weight excluding hydrogens is 590 g/mol. The number of benzene rings is 2. The van der Waals surface area contributed by atoms with Crippen LogP contribution < -0.4 is 11.1 Å². The fourth-order valence-corrected chi connectivity index (χ4v) is 6.12. The second-order valence-electron chi connectivity index (χ2n) is 12.2. The third-order valence-electron chi connectivity index (χ3n) is 7.75. The second-order valence-corrected chi connectivity index (χ2v) is 14.7. The van der Waals surface area contributed by atoms with E-state index in [9.17, 15) is 18.5 Å². The van der Waals surface area contributed by atoms with Gasteiger partial charge in [-0.05, 0) is 55.7 Å². The Hall–Kier alpha value is -3.30. The lowest BCUT2D eigenvalue weighted by Gasteiger charge is -2.45. The maximum atomic E-state index is 13.1. The van der Waals surface area contributed by atoms with E-state index in [-0.39, 0.29) is 37.3 Å². The number of nitrogens with zero attached hydrogens (tertiary/aromatic N) is 3. The van der Waals surface area contributed by atoms with Gasteiger partial charge in [0.05, 0.1) is 24.8 Å². The summed E-state index contributed by atoms with van der Waals surface area (Å²) < 4.78 is 36.8. The van der Waals surface area contributed by atoms with Gasteiger partial charge in [-0.1, -0.05) is 55.4 Å². The predicted molar refractivity (Wildman–Crippen MR) is 167 cm³/mol. The fourth-order valence-electron chi connectivity index (χ4n) is 5.50. The summed E-state index contributed by atoms with van der Waals surface area (Å²) >= 11 is 6.60. The van der Waals surface area contributed by atoms with Gasteiger partial charge in [0.2, 0.25) is 0 Å². The molecule has 2 aromatic carbocycles. The molecule has 0 bridgehead atoms. The van der Waals surface area contributed by atoms with Gasteiger partial charge in [-0.2, -0.15) is 5.26 Å². The normalized spacial score (nSPS) is 23.3. The van der Waals surface area contributed by atoms with E-state index >= 15 is 0 Å². The Labute approximate surface area is 259 Å². The minimum absolute atomic E-state index is 0.0349. The molecule has 2 aliphatic heterocycles. The van der Waals surface area contributed by atoms with Crippen molar-refractivity contribution in [2.24, 2.45) is 11.7 Å². The number of carbonyl (C=O) groups is 1. The summed E-state index contributed by atoms with van der Waals surface area (Å²) in [6.07, 6.45) is 0.900. The Morgan fingerprint density at radius 1 is 1.26 bits per heavy atom. The van der Waals surface area contributed by atoms with E-state index in [1.165, 1.54) is 4.90 Å². The molecule has 4 atom stereocenters. The zero-order valence-corrected chi connectivity index (χ0v) is 26.8. The van der Waals surface area contributed by atoms with Crippen LogP contribution in [0.25, 0.3) is 10.8 Å². The number of piperazine rings is 1. The minimum Gasteiger partial charge on any atom is -0.444 e. The molecule has 2 saturated heterocycles. The van der Waals surface area contributed by atoms with Crippen molar-refractivity contribution in [1.82, 2.24) is 15.1 Å². The van der Waals surface area contributed by atoms with Gasteiger partial charge in [-0.15, -0.1) is 0 Å². The molecule has 2 aromatic rings. The van der Waals surface area contributed by atoms with E-state index in [0.717, 1.165) is 28.2 Å². The Kier molecular flexibility index (Phi) is 9.66. The first-order chi connectivity index (χ1) is 20.1. The van der Waals surface area contributed by atoms with Crippen molar-refractivity contribution >= 4 is 38.3 Å². The van der Waals surface area contributed by atoms with Gasteiger partial charge >= 0.3 is 6.09 Å². The molecule has 0 spiro atoms. The Morgan fingerprint density at radius 3 is 2.53 bits per heavy atom. The first kappa shape index (κ1) is 32.6. The third kappa shape index (κ3) is 7.44. The van der Waals surface area contributed by atoms with Gasteiger partial charge in [0.1, 0.15) is 11.4 Å². The van der Waals surface area contributed by atoms with Crippen molar-refractivity contribution in [3.05, 3.63) is 70.5 Å². The van der Waals surface area contributed by atoms with Crippen LogP contribution >= 0.6 is 11.6 Å². The first-order valence-electron chi connectivity index (χ1n) is 14.2. The van der Waals surface area contributed by atoms with Crippen molar-refractivity contribution in [1.29, 1.82) is 5.26 Å². The average Bonchev–Trinajstić information content (AvgIpc) is 2.93. The number of nitrogens with one attached hydrogen (secondary N) is 1. The van der Waals surface area contributed by atoms with Crippen LogP contribution in [0.4, 0.5) is 4.79 Å². The molecule has 2 fully saturated rings. The molecule has 3 N–H and O–H groups in total. The molecule has 2 heterocycles. The van der Waals surface area contributed by atoms with Crippen molar-refractivity contribution in [3.8, 4) is 6.07 Å². The van der Waals surface area contributed by atoms with Gasteiger partial charge in [0.15, 0.2) is 15.3 Å². The molecule has 3 unspecified atom stereocenters. The number of amides is 1. The lowest BCUT2D eigenvalue weighted by Crippen LogP contribution is -2.59. The number of sulfone groups is 1. The molecule has 1 amide bonds. The van der Waals surface area contributed by atoms with Gasteiger partial charge in [0.25, 0.3) is 0 Å². The topological polar surface area (TPSA) is 138 Å². The number of carbonyl (C=O) groups excluding carboxylic acids is 1. The minimum atomic E-state index is -3.66. The number of halogens is 1. The molecule has 4 rings (SSSR count). The van der Waals surface area contributed by atoms with Gasteiger partial charge in [0, 0.05) is 41.9 Å². The smallest absolute Gasteiger partial charge is 0.410 e. The summed E-state index contributed by atoms with van der Waals surface area (Å²) in [5.41, 5.74) is 6.03. The quantitative estimate of drug-likeness (QED) is 0.344. The van der Waals surface area contributed by atoms with Crippen LogP contribution in [-0.4, -0.2) is 73.9 Å². The first-order valence-corrected chi connectivity index (χ1v) is 16.5. The standard InChI is InChI=1S/C31H40ClN5O5S/c1-19-15-26(22-11-7-9-21-10-8-12-24(32)27(21)22)41-18-23(19)28(35-29(34)43(6,39)40)36-13-14-37(25(17-36)20(2)16-33)30(38)42-31(3,4)5/h7-12,19,25-26,29,35H,2,13-15,17-18,34H2,1,3-6H3/b28-23+/t19?,25-,26?,29?/m1/s1. The summed E-state index contributed by atoms with van der Waals surface area (Å²) in [5, 5.41) is 15.4. The molecular formula is C31H40ClN5O5S. The number of ether oxygens (including phenoxy) is 2. The lowest BCUT2D eigenvalue weighted by atomic mass is 9.87. The molecule has 0 aliphatic carbocycles. The number of hydrogen-bond donors (Lipinski definition) is 2. The van der Waals surface area contributed by atoms with Crippen LogP contribution in [-0.2, 0) is 19.3 Å². The van der Waals surface area contributed by atoms with Crippen molar-refractivity contribution in [2.75, 3.05) is 32.5 Å². The van der Waals surface area contributed by atoms with Crippen LogP contribution in [0.5, 0.6) is 0 Å². The Morgan fingerprint density at radius 2 is 1.93 bits per heavy atom. The molecule has 10 nitrogen and oxygen atoms in total. The monoisotopic (exact) mass is 629 g/mol. The van der Waals surface area contributed by atoms with Crippen molar-refractivity contribution < 1.29 is 22.7 Å². The molecule has 2 aliphatic rings. The second kappa shape index (κ2) is 12.7. The number of nitriles is 1. The van der Waals surface area contributed by atoms with E-state index < -0.39 is 33.1 Å². The number of nitrogens with two attached hydrogens (primary N) is 1. The largest absolute Gasteiger partial charge is 0.444 e. The van der Waals surface area contributed by atoms with Gasteiger partial charge < -0.3 is 19.7 Å². The fraction of sp³-hybridized carbons (Fsp3) is 0.484. The molecule has 0 saturated carbocycles. The van der Waals surface area contributed by atoms with Crippen LogP contribution in [0.3, 0.4) is 0 Å². The maximum absolute atomic E-state index is 13.1. The van der Waals surface area contributed by atoms with Crippen LogP contribution in [0.15, 0.2) is 59.9 Å². The predicted octanol–water partition coefficient (Wildman–Crippen LogP) is 4.68. The number of fused-ring (bicyclic) bond motifs is 1. The zero-order valence-electron chi connectivity index (χ0n) is 25.3. The van der Waals surface area contributed by atoms with Gasteiger partial charge in [-0.3, -0.25) is 10.6 Å². The van der Waals surface area contributed by atoms with Crippen molar-refractivity contribution in [2.45, 2.75) is 57.4 Å². The van der Waals surface area contributed by atoms with Crippen LogP contribution in [0.2, 0.25) is 5.02 Å². The number of rotatable bonds is 6. The van der Waals surface area contributed by atoms with E-state index in [1.807, 2.05) is 41.3 Å². The van der Waals surface area contributed by atoms with Crippen LogP contribution in [0.1, 0.15) is 45.8 Å². The highest BCUT2D eigenvalue weighted by Gasteiger charge is 2.38. The Balaban J connectivity index is 1.68. The summed E-state index contributed by atoms with van der Waals surface area (Å²) in [7, 11) is -3.66. The maximum Gasteiger partial charge on any atom is 0.410 e. The molecule has 232 valence electrons. The van der Waals surface area contributed by atoms with E-state index in [4.69, 9.17) is 26.8 Å². The van der Waals surface area contributed by atoms with E-state index in [0.29, 0.717) is 23.8 Å². The highest BCUT2D eigenvalue weighted by atomic mass is 35.5. The number of hydrogen-bond acceptors (Lipinski definition) is 9. The highest BCUT2D eigenvalue weighted by molar-refractivity contribution is 7.91.